The van der Waals surface area contributed by atoms with Crippen LogP contribution in [0.25, 0.3) is 6.08 Å². The number of nitriles is 1. The highest BCUT2D eigenvalue weighted by molar-refractivity contribution is 7.09. The molecule has 0 saturated heterocycles. The Balaban J connectivity index is 2.21. The molecule has 0 aliphatic carbocycles. The first kappa shape index (κ1) is 14.3. The van der Waals surface area contributed by atoms with Crippen LogP contribution in [0, 0.1) is 18.3 Å². The fourth-order valence-electron chi connectivity index (χ4n) is 1.50. The van der Waals surface area contributed by atoms with Crippen LogP contribution in [0.5, 0.6) is 0 Å². The fraction of sp³-hybridized carbons (Fsp3) is 0.0714. The van der Waals surface area contributed by atoms with Crippen molar-refractivity contribution in [1.29, 1.82) is 5.26 Å². The molecule has 0 spiro atoms. The van der Waals surface area contributed by atoms with Crippen molar-refractivity contribution in [3.8, 4) is 6.07 Å². The molecule has 1 heterocycles. The average Bonchev–Trinajstić information content (AvgIpc) is 2.84. The number of halogens is 1. The van der Waals surface area contributed by atoms with E-state index in [1.807, 2.05) is 13.0 Å². The maximum absolute atomic E-state index is 12.0. The number of benzene rings is 1. The van der Waals surface area contributed by atoms with Gasteiger partial charge in [-0.2, -0.15) is 5.26 Å². The van der Waals surface area contributed by atoms with Gasteiger partial charge in [0, 0.05) is 5.38 Å². The minimum absolute atomic E-state index is 0.0183. The van der Waals surface area contributed by atoms with Crippen molar-refractivity contribution in [1.82, 2.24) is 4.98 Å². The second kappa shape index (κ2) is 6.33. The molecule has 100 valence electrons. The predicted molar refractivity (Wildman–Crippen MR) is 80.5 cm³/mol. The van der Waals surface area contributed by atoms with E-state index >= 15 is 0 Å². The molecule has 0 radical (unpaired) electrons. The summed E-state index contributed by atoms with van der Waals surface area (Å²) < 4.78 is 0. The largest absolute Gasteiger partial charge is 0.320 e. The van der Waals surface area contributed by atoms with Crippen LogP contribution in [0.3, 0.4) is 0 Å². The standard InChI is InChI=1S/C14H10ClN3OS/c1-9-17-11(8-20-9)6-10(7-16)14(19)18-13-5-3-2-4-12(13)15/h2-6,8H,1H3,(H,18,19)/b10-6+. The highest BCUT2D eigenvalue weighted by Crippen LogP contribution is 2.21. The Hall–Kier alpha value is -2.16. The zero-order chi connectivity index (χ0) is 14.5. The number of carbonyl (C=O) groups excluding carboxylic acids is 1. The summed E-state index contributed by atoms with van der Waals surface area (Å²) in [5.74, 6) is -0.508. The van der Waals surface area contributed by atoms with Crippen molar-refractivity contribution >= 4 is 40.6 Å². The Kier molecular flexibility index (Phi) is 4.51. The molecule has 1 aromatic carbocycles. The van der Waals surface area contributed by atoms with Gasteiger partial charge < -0.3 is 5.32 Å². The number of anilines is 1. The first-order valence-corrected chi connectivity index (χ1v) is 6.95. The number of nitrogens with zero attached hydrogens (tertiary/aromatic N) is 2. The van der Waals surface area contributed by atoms with Gasteiger partial charge in [0.25, 0.3) is 5.91 Å². The third-order valence-corrected chi connectivity index (χ3v) is 3.54. The van der Waals surface area contributed by atoms with E-state index in [1.54, 1.807) is 29.6 Å². The molecule has 4 nitrogen and oxygen atoms in total. The van der Waals surface area contributed by atoms with Gasteiger partial charge >= 0.3 is 0 Å². The summed E-state index contributed by atoms with van der Waals surface area (Å²) in [6.07, 6.45) is 1.45. The number of rotatable bonds is 3. The molecule has 0 atom stereocenters. The van der Waals surface area contributed by atoms with E-state index in [2.05, 4.69) is 10.3 Å². The van der Waals surface area contributed by atoms with Crippen LogP contribution in [0.4, 0.5) is 5.69 Å². The number of nitrogens with one attached hydrogen (secondary N) is 1. The number of para-hydroxylation sites is 1. The van der Waals surface area contributed by atoms with E-state index in [0.29, 0.717) is 16.4 Å². The summed E-state index contributed by atoms with van der Waals surface area (Å²) in [4.78, 5) is 16.2. The number of carbonyl (C=O) groups is 1. The molecule has 0 aliphatic heterocycles. The Bertz CT molecular complexity index is 715. The summed E-state index contributed by atoms with van der Waals surface area (Å²) in [6, 6.07) is 8.71. The van der Waals surface area contributed by atoms with Gasteiger partial charge in [-0.3, -0.25) is 4.79 Å². The zero-order valence-electron chi connectivity index (χ0n) is 10.6. The van der Waals surface area contributed by atoms with Gasteiger partial charge in [0.05, 0.1) is 21.4 Å². The first-order chi connectivity index (χ1) is 9.60. The number of aromatic nitrogens is 1. The third kappa shape index (κ3) is 3.44. The molecule has 1 aromatic heterocycles. The molecule has 0 saturated carbocycles. The average molecular weight is 304 g/mol. The minimum atomic E-state index is -0.508. The maximum Gasteiger partial charge on any atom is 0.266 e. The number of hydrogen-bond acceptors (Lipinski definition) is 4. The van der Waals surface area contributed by atoms with E-state index in [9.17, 15) is 4.79 Å². The number of aryl methyl sites for hydroxylation is 1. The quantitative estimate of drug-likeness (QED) is 0.695. The molecule has 6 heteroatoms. The third-order valence-electron chi connectivity index (χ3n) is 2.42. The van der Waals surface area contributed by atoms with Gasteiger partial charge in [0.2, 0.25) is 0 Å². The predicted octanol–water partition coefficient (Wildman–Crippen LogP) is 3.65. The Morgan fingerprint density at radius 2 is 2.25 bits per heavy atom. The van der Waals surface area contributed by atoms with E-state index in [-0.39, 0.29) is 5.57 Å². The Morgan fingerprint density at radius 1 is 1.50 bits per heavy atom. The summed E-state index contributed by atoms with van der Waals surface area (Å²) in [6.45, 7) is 1.86. The van der Waals surface area contributed by atoms with Gasteiger partial charge in [0.1, 0.15) is 11.6 Å². The summed E-state index contributed by atoms with van der Waals surface area (Å²) in [7, 11) is 0. The van der Waals surface area contributed by atoms with Crippen molar-refractivity contribution in [2.75, 3.05) is 5.32 Å². The van der Waals surface area contributed by atoms with E-state index in [4.69, 9.17) is 16.9 Å². The van der Waals surface area contributed by atoms with Crippen LogP contribution in [0.1, 0.15) is 10.7 Å². The van der Waals surface area contributed by atoms with Crippen LogP contribution in [-0.4, -0.2) is 10.9 Å². The van der Waals surface area contributed by atoms with Crippen molar-refractivity contribution in [3.63, 3.8) is 0 Å². The lowest BCUT2D eigenvalue weighted by atomic mass is 10.2. The molecule has 0 fully saturated rings. The number of thiazole rings is 1. The second-order valence-electron chi connectivity index (χ2n) is 3.90. The molecular formula is C14H10ClN3OS. The molecule has 0 aliphatic rings. The summed E-state index contributed by atoms with van der Waals surface area (Å²) >= 11 is 7.41. The van der Waals surface area contributed by atoms with Gasteiger partial charge in [-0.1, -0.05) is 23.7 Å². The minimum Gasteiger partial charge on any atom is -0.320 e. The SMILES string of the molecule is Cc1nc(/C=C(\C#N)C(=O)Nc2ccccc2Cl)cs1. The van der Waals surface area contributed by atoms with Gasteiger partial charge in [-0.25, -0.2) is 4.98 Å². The zero-order valence-corrected chi connectivity index (χ0v) is 12.1. The van der Waals surface area contributed by atoms with Crippen molar-refractivity contribution in [2.45, 2.75) is 6.92 Å². The Morgan fingerprint density at radius 3 is 2.85 bits per heavy atom. The van der Waals surface area contributed by atoms with E-state index < -0.39 is 5.91 Å². The van der Waals surface area contributed by atoms with Crippen LogP contribution in [0.2, 0.25) is 5.02 Å². The molecule has 0 bridgehead atoms. The lowest BCUT2D eigenvalue weighted by Gasteiger charge is -2.05. The molecule has 2 aromatic rings. The summed E-state index contributed by atoms with van der Waals surface area (Å²) in [5, 5.41) is 14.8. The number of amides is 1. The van der Waals surface area contributed by atoms with Crippen LogP contribution >= 0.6 is 22.9 Å². The van der Waals surface area contributed by atoms with Crippen LogP contribution in [-0.2, 0) is 4.79 Å². The monoisotopic (exact) mass is 303 g/mol. The van der Waals surface area contributed by atoms with Crippen LogP contribution < -0.4 is 5.32 Å². The molecule has 0 unspecified atom stereocenters. The second-order valence-corrected chi connectivity index (χ2v) is 5.36. The Labute approximate surface area is 125 Å². The van der Waals surface area contributed by atoms with Gasteiger partial charge in [-0.15, -0.1) is 11.3 Å². The molecule has 20 heavy (non-hydrogen) atoms. The molecule has 1 N–H and O–H groups in total. The molecule has 1 amide bonds. The van der Waals surface area contributed by atoms with Crippen molar-refractivity contribution in [2.24, 2.45) is 0 Å². The normalized spacial score (nSPS) is 10.9. The lowest BCUT2D eigenvalue weighted by Crippen LogP contribution is -2.13. The fourth-order valence-corrected chi connectivity index (χ4v) is 2.25. The summed E-state index contributed by atoms with van der Waals surface area (Å²) in [5.41, 5.74) is 1.04. The van der Waals surface area contributed by atoms with E-state index in [0.717, 1.165) is 5.01 Å². The number of hydrogen-bond donors (Lipinski definition) is 1. The molecule has 2 rings (SSSR count). The first-order valence-electron chi connectivity index (χ1n) is 5.70. The van der Waals surface area contributed by atoms with Gasteiger partial charge in [-0.05, 0) is 25.1 Å². The molecular weight excluding hydrogens is 294 g/mol. The lowest BCUT2D eigenvalue weighted by molar-refractivity contribution is -0.112. The highest BCUT2D eigenvalue weighted by atomic mass is 35.5. The van der Waals surface area contributed by atoms with Crippen molar-refractivity contribution in [3.05, 3.63) is 50.9 Å². The van der Waals surface area contributed by atoms with Crippen molar-refractivity contribution < 1.29 is 4.79 Å². The topological polar surface area (TPSA) is 65.8 Å². The van der Waals surface area contributed by atoms with Crippen LogP contribution in [0.15, 0.2) is 35.2 Å². The highest BCUT2D eigenvalue weighted by Gasteiger charge is 2.11. The smallest absolute Gasteiger partial charge is 0.266 e. The van der Waals surface area contributed by atoms with Gasteiger partial charge in [0.15, 0.2) is 0 Å². The maximum atomic E-state index is 12.0. The van der Waals surface area contributed by atoms with E-state index in [1.165, 1.54) is 17.4 Å².